The number of carbonyl (C=O) groups excluding carboxylic acids is 1. The fraction of sp³-hybridized carbons (Fsp3) is 0.333. The number of ether oxygens (including phenoxy) is 2. The highest BCUT2D eigenvalue weighted by Crippen LogP contribution is 2.34. The first-order valence-corrected chi connectivity index (χ1v) is 9.80. The molecule has 0 spiro atoms. The van der Waals surface area contributed by atoms with Crippen LogP contribution in [-0.4, -0.2) is 39.4 Å². The summed E-state index contributed by atoms with van der Waals surface area (Å²) < 4.78 is 50.0. The van der Waals surface area contributed by atoms with Gasteiger partial charge in [-0.15, -0.1) is 0 Å². The summed E-state index contributed by atoms with van der Waals surface area (Å²) in [6, 6.07) is 3.32. The minimum Gasteiger partial charge on any atom is -0.383 e. The molecule has 1 atom stereocenters. The molecule has 0 fully saturated rings. The van der Waals surface area contributed by atoms with Crippen LogP contribution < -0.4 is 5.73 Å². The number of aromatic nitrogens is 3. The Labute approximate surface area is 180 Å². The first kappa shape index (κ1) is 20.6. The predicted molar refractivity (Wildman–Crippen MR) is 106 cm³/mol. The molecule has 0 aliphatic carbocycles. The first-order chi connectivity index (χ1) is 15.2. The van der Waals surface area contributed by atoms with E-state index in [1.54, 1.807) is 13.1 Å². The third kappa shape index (κ3) is 3.33. The van der Waals surface area contributed by atoms with Crippen LogP contribution in [0.4, 0.5) is 19.0 Å². The molecule has 3 aromatic rings. The monoisotopic (exact) mass is 445 g/mol. The molecule has 0 saturated heterocycles. The molecule has 11 heteroatoms. The number of hydrogen-bond acceptors (Lipinski definition) is 7. The SMILES string of the molecule is CN(C(=O)c1cc2c3c(c(N)nc2cn1)COC3)[C@@H]1COCc2nc(C(F)(F)F)ccc21. The van der Waals surface area contributed by atoms with Crippen molar-refractivity contribution in [2.24, 2.45) is 0 Å². The van der Waals surface area contributed by atoms with Gasteiger partial charge in [0.1, 0.15) is 17.2 Å². The zero-order valence-corrected chi connectivity index (χ0v) is 16.9. The van der Waals surface area contributed by atoms with Crippen LogP contribution >= 0.6 is 0 Å². The van der Waals surface area contributed by atoms with E-state index in [0.29, 0.717) is 30.1 Å². The maximum absolute atomic E-state index is 13.2. The Bertz CT molecular complexity index is 1250. The Hall–Kier alpha value is -3.31. The van der Waals surface area contributed by atoms with Gasteiger partial charge in [-0.2, -0.15) is 13.2 Å². The van der Waals surface area contributed by atoms with E-state index in [1.807, 2.05) is 0 Å². The third-order valence-electron chi connectivity index (χ3n) is 5.80. The summed E-state index contributed by atoms with van der Waals surface area (Å²) in [7, 11) is 1.56. The molecule has 0 saturated carbocycles. The number of fused-ring (bicyclic) bond motifs is 4. The molecule has 32 heavy (non-hydrogen) atoms. The molecule has 0 unspecified atom stereocenters. The van der Waals surface area contributed by atoms with Gasteiger partial charge in [0.05, 0.1) is 49.9 Å². The topological polar surface area (TPSA) is 103 Å². The van der Waals surface area contributed by atoms with Gasteiger partial charge in [0.25, 0.3) is 5.91 Å². The zero-order valence-electron chi connectivity index (χ0n) is 16.9. The fourth-order valence-electron chi connectivity index (χ4n) is 4.08. The summed E-state index contributed by atoms with van der Waals surface area (Å²) in [5.41, 5.74) is 8.08. The number of nitrogen functional groups attached to an aromatic ring is 1. The molecule has 3 aromatic heterocycles. The number of halogens is 3. The molecule has 2 aliphatic heterocycles. The van der Waals surface area contributed by atoms with Gasteiger partial charge in [0.15, 0.2) is 0 Å². The molecule has 166 valence electrons. The lowest BCUT2D eigenvalue weighted by Crippen LogP contribution is -2.37. The van der Waals surface area contributed by atoms with Crippen LogP contribution in [0, 0.1) is 0 Å². The lowest BCUT2D eigenvalue weighted by Gasteiger charge is -2.32. The van der Waals surface area contributed by atoms with Crippen molar-refractivity contribution in [1.29, 1.82) is 0 Å². The van der Waals surface area contributed by atoms with Crippen LogP contribution in [0.3, 0.4) is 0 Å². The van der Waals surface area contributed by atoms with Gasteiger partial charge in [0.2, 0.25) is 0 Å². The van der Waals surface area contributed by atoms with Crippen molar-refractivity contribution in [3.63, 3.8) is 0 Å². The molecular weight excluding hydrogens is 427 g/mol. The van der Waals surface area contributed by atoms with Crippen molar-refractivity contribution >= 4 is 22.6 Å². The molecule has 0 aromatic carbocycles. The Morgan fingerprint density at radius 2 is 1.94 bits per heavy atom. The lowest BCUT2D eigenvalue weighted by molar-refractivity contribution is -0.141. The molecule has 1 amide bonds. The summed E-state index contributed by atoms with van der Waals surface area (Å²) in [5, 5.41) is 0.732. The second-order valence-corrected chi connectivity index (χ2v) is 7.71. The number of carbonyl (C=O) groups is 1. The van der Waals surface area contributed by atoms with Crippen molar-refractivity contribution in [2.45, 2.75) is 32.0 Å². The zero-order chi connectivity index (χ0) is 22.6. The average molecular weight is 445 g/mol. The fourth-order valence-corrected chi connectivity index (χ4v) is 4.08. The second-order valence-electron chi connectivity index (χ2n) is 7.71. The minimum atomic E-state index is -4.56. The van der Waals surface area contributed by atoms with E-state index in [4.69, 9.17) is 15.2 Å². The predicted octanol–water partition coefficient (Wildman–Crippen LogP) is 3.00. The number of anilines is 1. The van der Waals surface area contributed by atoms with Crippen LogP contribution in [0.5, 0.6) is 0 Å². The van der Waals surface area contributed by atoms with Crippen LogP contribution in [-0.2, 0) is 35.5 Å². The standard InChI is InChI=1S/C21H18F3N5O3/c1-29(17-9-32-8-16-10(17)2-3-18(27-16)21(22,23)24)20(30)14-4-11-12-6-31-7-13(12)19(25)28-15(11)5-26-14/h2-5,17H,6-9H2,1H3,(H2,25,28)/t17-/m1/s1. The number of rotatable bonds is 2. The van der Waals surface area contributed by atoms with Crippen molar-refractivity contribution in [3.8, 4) is 0 Å². The quantitative estimate of drug-likeness (QED) is 0.647. The average Bonchev–Trinajstić information content (AvgIpc) is 3.28. The third-order valence-corrected chi connectivity index (χ3v) is 5.80. The van der Waals surface area contributed by atoms with Gasteiger partial charge < -0.3 is 20.1 Å². The summed E-state index contributed by atoms with van der Waals surface area (Å²) >= 11 is 0. The molecule has 8 nitrogen and oxygen atoms in total. The van der Waals surface area contributed by atoms with Crippen LogP contribution in [0.1, 0.15) is 44.6 Å². The first-order valence-electron chi connectivity index (χ1n) is 9.80. The maximum Gasteiger partial charge on any atom is 0.433 e. The van der Waals surface area contributed by atoms with E-state index >= 15 is 0 Å². The Morgan fingerprint density at radius 3 is 2.72 bits per heavy atom. The Balaban J connectivity index is 1.48. The summed E-state index contributed by atoms with van der Waals surface area (Å²) in [4.78, 5) is 26.9. The van der Waals surface area contributed by atoms with Crippen molar-refractivity contribution < 1.29 is 27.4 Å². The Kier molecular flexibility index (Phi) is 4.75. The maximum atomic E-state index is 13.2. The number of likely N-dealkylation sites (N-methyl/N-ethyl adjacent to an activating group) is 1. The molecule has 2 aliphatic rings. The molecule has 2 N–H and O–H groups in total. The van der Waals surface area contributed by atoms with Crippen LogP contribution in [0.15, 0.2) is 24.4 Å². The molecule has 0 bridgehead atoms. The van der Waals surface area contributed by atoms with Crippen LogP contribution in [0.2, 0.25) is 0 Å². The van der Waals surface area contributed by atoms with Gasteiger partial charge in [-0.3, -0.25) is 4.79 Å². The van der Waals surface area contributed by atoms with E-state index in [0.717, 1.165) is 22.6 Å². The number of nitrogens with two attached hydrogens (primary N) is 1. The largest absolute Gasteiger partial charge is 0.433 e. The number of nitrogens with zero attached hydrogens (tertiary/aromatic N) is 4. The normalized spacial score (nSPS) is 17.8. The van der Waals surface area contributed by atoms with Gasteiger partial charge in [-0.25, -0.2) is 15.0 Å². The van der Waals surface area contributed by atoms with E-state index in [-0.39, 0.29) is 24.6 Å². The van der Waals surface area contributed by atoms with E-state index < -0.39 is 23.8 Å². The number of hydrogen-bond donors (Lipinski definition) is 1. The molecule has 5 heterocycles. The lowest BCUT2D eigenvalue weighted by atomic mass is 10.0. The summed E-state index contributed by atoms with van der Waals surface area (Å²) in [6.45, 7) is 0.810. The van der Waals surface area contributed by atoms with Crippen molar-refractivity contribution in [2.75, 3.05) is 19.4 Å². The molecule has 0 radical (unpaired) electrons. The van der Waals surface area contributed by atoms with Gasteiger partial charge >= 0.3 is 6.18 Å². The number of alkyl halides is 3. The number of amides is 1. The Morgan fingerprint density at radius 1 is 1.16 bits per heavy atom. The van der Waals surface area contributed by atoms with E-state index in [2.05, 4.69) is 15.0 Å². The van der Waals surface area contributed by atoms with Crippen molar-refractivity contribution in [3.05, 3.63) is 58.2 Å². The van der Waals surface area contributed by atoms with E-state index in [9.17, 15) is 18.0 Å². The summed E-state index contributed by atoms with van der Waals surface area (Å²) in [5.74, 6) is -0.0255. The minimum absolute atomic E-state index is 0.0504. The van der Waals surface area contributed by atoms with Gasteiger partial charge in [-0.1, -0.05) is 6.07 Å². The number of pyridine rings is 3. The smallest absolute Gasteiger partial charge is 0.383 e. The van der Waals surface area contributed by atoms with Gasteiger partial charge in [0, 0.05) is 23.6 Å². The van der Waals surface area contributed by atoms with Crippen molar-refractivity contribution in [1.82, 2.24) is 19.9 Å². The highest BCUT2D eigenvalue weighted by atomic mass is 19.4. The molecular formula is C21H18F3N5O3. The highest BCUT2D eigenvalue weighted by molar-refractivity contribution is 5.97. The van der Waals surface area contributed by atoms with Crippen LogP contribution in [0.25, 0.3) is 10.9 Å². The highest BCUT2D eigenvalue weighted by Gasteiger charge is 2.36. The second kappa shape index (κ2) is 7.38. The summed E-state index contributed by atoms with van der Waals surface area (Å²) in [6.07, 6.45) is -3.08. The molecule has 5 rings (SSSR count). The van der Waals surface area contributed by atoms with E-state index in [1.165, 1.54) is 17.2 Å². The van der Waals surface area contributed by atoms with Gasteiger partial charge in [-0.05, 0) is 17.7 Å².